The Morgan fingerprint density at radius 3 is 2.76 bits per heavy atom. The van der Waals surface area contributed by atoms with Crippen molar-refractivity contribution in [1.82, 2.24) is 4.98 Å². The third kappa shape index (κ3) is 2.75. The minimum absolute atomic E-state index is 0.233. The van der Waals surface area contributed by atoms with Crippen LogP contribution in [0.5, 0.6) is 0 Å². The smallest absolute Gasteiger partial charge is 0.363 e. The molecule has 0 spiro atoms. The van der Waals surface area contributed by atoms with Crippen LogP contribution in [-0.2, 0) is 11.2 Å². The average Bonchev–Trinajstić information content (AvgIpc) is 2.92. The molecule has 1 fully saturated rings. The number of likely N-dealkylation sites (tertiary alicyclic amines) is 1. The zero-order chi connectivity index (χ0) is 14.9. The van der Waals surface area contributed by atoms with Crippen LogP contribution < -0.4 is 0 Å². The summed E-state index contributed by atoms with van der Waals surface area (Å²) < 4.78 is -0.609. The van der Waals surface area contributed by atoms with E-state index in [1.807, 2.05) is 30.3 Å². The van der Waals surface area contributed by atoms with Gasteiger partial charge in [-0.2, -0.15) is 0 Å². The summed E-state index contributed by atoms with van der Waals surface area (Å²) in [6.45, 7) is 0.802. The number of hydroxylamine groups is 3. The molecule has 110 valence electrons. The second kappa shape index (κ2) is 5.42. The lowest BCUT2D eigenvalue weighted by molar-refractivity contribution is -0.884. The van der Waals surface area contributed by atoms with E-state index >= 15 is 0 Å². The standard InChI is InChI=1S/C16H18N2O3/c19-16(20)15(18(21)7-3-4-8-18)10-12-9-13-5-1-2-6-14(13)17-11-12/h1-2,5-6,9,11,15H,3-4,7-8,10H2,(H,19,20). The monoisotopic (exact) mass is 286 g/mol. The van der Waals surface area contributed by atoms with Crippen LogP contribution in [0.2, 0.25) is 0 Å². The van der Waals surface area contributed by atoms with Crippen molar-refractivity contribution in [1.29, 1.82) is 0 Å². The molecule has 0 bridgehead atoms. The highest BCUT2D eigenvalue weighted by atomic mass is 16.6. The van der Waals surface area contributed by atoms with E-state index in [4.69, 9.17) is 0 Å². The Kier molecular flexibility index (Phi) is 3.61. The summed E-state index contributed by atoms with van der Waals surface area (Å²) in [5.74, 6) is -1.01. The molecule has 21 heavy (non-hydrogen) atoms. The number of carbonyl (C=O) groups is 1. The van der Waals surface area contributed by atoms with E-state index in [0.717, 1.165) is 29.3 Å². The summed E-state index contributed by atoms with van der Waals surface area (Å²) in [4.78, 5) is 15.9. The molecule has 0 aliphatic carbocycles. The summed E-state index contributed by atoms with van der Waals surface area (Å²) in [5, 5.41) is 23.1. The molecule has 5 nitrogen and oxygen atoms in total. The number of aromatic nitrogens is 1. The van der Waals surface area contributed by atoms with Crippen LogP contribution in [0.25, 0.3) is 10.9 Å². The van der Waals surface area contributed by atoms with Gasteiger partial charge in [0.05, 0.1) is 18.6 Å². The van der Waals surface area contributed by atoms with Crippen molar-refractivity contribution >= 4 is 16.9 Å². The third-order valence-electron chi connectivity index (χ3n) is 4.25. The maximum atomic E-state index is 12.6. The minimum atomic E-state index is -1.01. The molecular formula is C16H18N2O3. The number of para-hydroxylation sites is 1. The van der Waals surface area contributed by atoms with Crippen LogP contribution in [0.1, 0.15) is 18.4 Å². The van der Waals surface area contributed by atoms with E-state index in [1.54, 1.807) is 6.20 Å². The molecule has 2 aromatic rings. The summed E-state index contributed by atoms with van der Waals surface area (Å²) >= 11 is 0. The maximum Gasteiger partial charge on any atom is 0.363 e. The largest absolute Gasteiger partial charge is 0.632 e. The summed E-state index contributed by atoms with van der Waals surface area (Å²) in [7, 11) is 0. The fourth-order valence-electron chi connectivity index (χ4n) is 3.09. The highest BCUT2D eigenvalue weighted by Gasteiger charge is 2.37. The van der Waals surface area contributed by atoms with Gasteiger partial charge in [0.1, 0.15) is 0 Å². The Morgan fingerprint density at radius 1 is 1.33 bits per heavy atom. The van der Waals surface area contributed by atoms with E-state index in [0.29, 0.717) is 13.1 Å². The van der Waals surface area contributed by atoms with Gasteiger partial charge < -0.3 is 15.0 Å². The third-order valence-corrected chi connectivity index (χ3v) is 4.25. The molecule has 0 amide bonds. The molecule has 3 rings (SSSR count). The van der Waals surface area contributed by atoms with Gasteiger partial charge in [-0.1, -0.05) is 18.2 Å². The first-order chi connectivity index (χ1) is 10.1. The van der Waals surface area contributed by atoms with Crippen molar-refractivity contribution in [2.45, 2.75) is 25.3 Å². The molecule has 1 aliphatic heterocycles. The van der Waals surface area contributed by atoms with E-state index in [9.17, 15) is 15.1 Å². The van der Waals surface area contributed by atoms with E-state index in [-0.39, 0.29) is 6.42 Å². The predicted octanol–water partition coefficient (Wildman–Crippen LogP) is 2.34. The van der Waals surface area contributed by atoms with Crippen LogP contribution >= 0.6 is 0 Å². The minimum Gasteiger partial charge on any atom is -0.632 e. The number of pyridine rings is 1. The number of hydrogen-bond acceptors (Lipinski definition) is 3. The van der Waals surface area contributed by atoms with E-state index in [2.05, 4.69) is 4.98 Å². The van der Waals surface area contributed by atoms with Gasteiger partial charge in [0.2, 0.25) is 0 Å². The molecule has 0 radical (unpaired) electrons. The molecule has 2 heterocycles. The van der Waals surface area contributed by atoms with Crippen LogP contribution in [0.4, 0.5) is 0 Å². The molecule has 1 aliphatic rings. The van der Waals surface area contributed by atoms with Crippen molar-refractivity contribution in [3.8, 4) is 0 Å². The number of hydrogen-bond donors (Lipinski definition) is 1. The summed E-state index contributed by atoms with van der Waals surface area (Å²) in [6.07, 6.45) is 3.53. The number of rotatable bonds is 4. The number of carboxylic acids is 1. The molecule has 1 N–H and O–H groups in total. The fraction of sp³-hybridized carbons (Fsp3) is 0.375. The van der Waals surface area contributed by atoms with E-state index < -0.39 is 16.7 Å². The van der Waals surface area contributed by atoms with Crippen molar-refractivity contribution in [3.05, 3.63) is 47.3 Å². The number of fused-ring (bicyclic) bond motifs is 1. The number of nitrogens with zero attached hydrogens (tertiary/aromatic N) is 2. The first kappa shape index (κ1) is 14.0. The summed E-state index contributed by atoms with van der Waals surface area (Å²) in [5.41, 5.74) is 1.68. The quantitative estimate of drug-likeness (QED) is 0.691. The first-order valence-corrected chi connectivity index (χ1v) is 7.23. The molecular weight excluding hydrogens is 268 g/mol. The average molecular weight is 286 g/mol. The Labute approximate surface area is 123 Å². The fourth-order valence-corrected chi connectivity index (χ4v) is 3.09. The van der Waals surface area contributed by atoms with Gasteiger partial charge in [0.15, 0.2) is 6.04 Å². The highest BCUT2D eigenvalue weighted by molar-refractivity contribution is 5.79. The lowest BCUT2D eigenvalue weighted by Gasteiger charge is -2.43. The zero-order valence-corrected chi connectivity index (χ0v) is 11.7. The van der Waals surface area contributed by atoms with Crippen molar-refractivity contribution in [2.24, 2.45) is 0 Å². The topological polar surface area (TPSA) is 73.2 Å². The highest BCUT2D eigenvalue weighted by Crippen LogP contribution is 2.25. The number of aliphatic carboxylic acids is 1. The van der Waals surface area contributed by atoms with E-state index in [1.165, 1.54) is 0 Å². The van der Waals surface area contributed by atoms with Gasteiger partial charge in [0.25, 0.3) is 0 Å². The van der Waals surface area contributed by atoms with Gasteiger partial charge in [-0.05, 0) is 17.7 Å². The zero-order valence-electron chi connectivity index (χ0n) is 11.7. The number of quaternary nitrogens is 1. The SMILES string of the molecule is O=C(O)C(Cc1cnc2ccccc2c1)[N+]1([O-])CCCC1. The van der Waals surface area contributed by atoms with Crippen molar-refractivity contribution in [3.63, 3.8) is 0 Å². The Balaban J connectivity index is 1.89. The van der Waals surface area contributed by atoms with Gasteiger partial charge in [-0.25, -0.2) is 4.79 Å². The van der Waals surface area contributed by atoms with Crippen molar-refractivity contribution in [2.75, 3.05) is 13.1 Å². The molecule has 1 atom stereocenters. The molecule has 1 saturated heterocycles. The maximum absolute atomic E-state index is 12.6. The molecule has 1 aromatic carbocycles. The Bertz CT molecular complexity index is 665. The molecule has 5 heteroatoms. The Hall–Kier alpha value is -1.98. The normalized spacial score (nSPS) is 18.7. The second-order valence-corrected chi connectivity index (χ2v) is 5.70. The lowest BCUT2D eigenvalue weighted by Crippen LogP contribution is -2.53. The lowest BCUT2D eigenvalue weighted by atomic mass is 10.0. The molecule has 0 saturated carbocycles. The molecule has 1 aromatic heterocycles. The van der Waals surface area contributed by atoms with Gasteiger partial charge in [-0.3, -0.25) is 4.98 Å². The number of benzene rings is 1. The first-order valence-electron chi connectivity index (χ1n) is 7.23. The van der Waals surface area contributed by atoms with Crippen LogP contribution in [-0.4, -0.2) is 39.8 Å². The summed E-state index contributed by atoms with van der Waals surface area (Å²) in [6, 6.07) is 8.69. The van der Waals surface area contributed by atoms with Crippen LogP contribution in [0.15, 0.2) is 36.5 Å². The molecule has 1 unspecified atom stereocenters. The van der Waals surface area contributed by atoms with Crippen LogP contribution in [0.3, 0.4) is 0 Å². The van der Waals surface area contributed by atoms with Crippen molar-refractivity contribution < 1.29 is 14.5 Å². The van der Waals surface area contributed by atoms with Gasteiger partial charge in [0, 0.05) is 30.8 Å². The predicted molar refractivity (Wildman–Crippen MR) is 79.5 cm³/mol. The van der Waals surface area contributed by atoms with Crippen LogP contribution in [0, 0.1) is 5.21 Å². The van der Waals surface area contributed by atoms with Gasteiger partial charge >= 0.3 is 5.97 Å². The number of carboxylic acid groups (broad SMARTS) is 1. The second-order valence-electron chi connectivity index (χ2n) is 5.70. The van der Waals surface area contributed by atoms with Gasteiger partial charge in [-0.15, -0.1) is 0 Å². The Morgan fingerprint density at radius 2 is 2.05 bits per heavy atom.